The molecule has 0 aromatic heterocycles. The Morgan fingerprint density at radius 2 is 1.76 bits per heavy atom. The molecule has 1 saturated heterocycles. The first-order chi connectivity index (χ1) is 11.9. The third-order valence-electron chi connectivity index (χ3n) is 4.79. The highest BCUT2D eigenvalue weighted by atomic mass is 32.2. The molecule has 2 atom stereocenters. The maximum Gasteiger partial charge on any atom is 0.252 e. The van der Waals surface area contributed by atoms with Crippen LogP contribution in [0.1, 0.15) is 25.8 Å². The Bertz CT molecular complexity index is 655. The molecule has 0 saturated carbocycles. The number of amides is 1. The van der Waals surface area contributed by atoms with Gasteiger partial charge in [-0.25, -0.2) is 8.42 Å². The summed E-state index contributed by atoms with van der Waals surface area (Å²) in [5.41, 5.74) is 0.775. The monoisotopic (exact) mass is 368 g/mol. The predicted octanol–water partition coefficient (Wildman–Crippen LogP) is 1.72. The lowest BCUT2D eigenvalue weighted by molar-refractivity contribution is -0.146. The fourth-order valence-electron chi connectivity index (χ4n) is 3.03. The molecule has 0 bridgehead atoms. The Balaban J connectivity index is 1.95. The molecule has 0 spiro atoms. The highest BCUT2D eigenvalue weighted by Gasteiger charge is 2.33. The Kier molecular flexibility index (Phi) is 6.98. The summed E-state index contributed by atoms with van der Waals surface area (Å²) < 4.78 is 32.0. The van der Waals surface area contributed by atoms with Gasteiger partial charge in [-0.1, -0.05) is 50.6 Å². The molecule has 0 N–H and O–H groups in total. The molecule has 1 amide bonds. The number of piperazine rings is 1. The topological polar surface area (TPSA) is 66.9 Å². The first-order valence-corrected chi connectivity index (χ1v) is 10.3. The number of hydrogen-bond donors (Lipinski definition) is 0. The molecule has 1 fully saturated rings. The zero-order valence-corrected chi connectivity index (χ0v) is 16.0. The quantitative estimate of drug-likeness (QED) is 0.735. The molecular weight excluding hydrogens is 340 g/mol. The van der Waals surface area contributed by atoms with Crippen molar-refractivity contribution < 1.29 is 17.9 Å². The smallest absolute Gasteiger partial charge is 0.252 e. The summed E-state index contributed by atoms with van der Waals surface area (Å²) in [7, 11) is -1.82. The van der Waals surface area contributed by atoms with E-state index in [2.05, 4.69) is 0 Å². The van der Waals surface area contributed by atoms with E-state index in [4.69, 9.17) is 4.74 Å². The maximum atomic E-state index is 12.6. The van der Waals surface area contributed by atoms with Crippen LogP contribution in [-0.4, -0.2) is 62.9 Å². The van der Waals surface area contributed by atoms with Crippen molar-refractivity contribution in [3.05, 3.63) is 35.9 Å². The second kappa shape index (κ2) is 8.78. The summed E-state index contributed by atoms with van der Waals surface area (Å²) in [6.07, 6.45) is 0.396. The van der Waals surface area contributed by atoms with Gasteiger partial charge in [-0.15, -0.1) is 0 Å². The molecule has 7 heteroatoms. The van der Waals surface area contributed by atoms with Crippen molar-refractivity contribution >= 4 is 15.9 Å². The molecule has 1 aliphatic heterocycles. The van der Waals surface area contributed by atoms with E-state index in [1.54, 1.807) is 12.0 Å². The van der Waals surface area contributed by atoms with Crippen LogP contribution in [0.15, 0.2) is 30.3 Å². The van der Waals surface area contributed by atoms with E-state index in [1.807, 2.05) is 44.2 Å². The molecular formula is C18H28N2O4S. The summed E-state index contributed by atoms with van der Waals surface area (Å²) in [6, 6.07) is 9.16. The van der Waals surface area contributed by atoms with Gasteiger partial charge in [0, 0.05) is 33.3 Å². The van der Waals surface area contributed by atoms with Crippen LogP contribution in [0.2, 0.25) is 0 Å². The van der Waals surface area contributed by atoms with Crippen LogP contribution in [0, 0.1) is 5.92 Å². The minimum absolute atomic E-state index is 0.00461. The van der Waals surface area contributed by atoms with Gasteiger partial charge in [-0.3, -0.25) is 4.79 Å². The third kappa shape index (κ3) is 5.03. The Labute approximate surface area is 150 Å². The Hall–Kier alpha value is -1.44. The minimum Gasteiger partial charge on any atom is -0.371 e. The number of nitrogens with zero attached hydrogens (tertiary/aromatic N) is 2. The molecule has 1 aromatic carbocycles. The van der Waals surface area contributed by atoms with E-state index in [-0.39, 0.29) is 17.6 Å². The van der Waals surface area contributed by atoms with Gasteiger partial charge < -0.3 is 9.64 Å². The normalized spacial score (nSPS) is 18.8. The summed E-state index contributed by atoms with van der Waals surface area (Å²) in [4.78, 5) is 14.3. The number of hydrogen-bond acceptors (Lipinski definition) is 4. The van der Waals surface area contributed by atoms with Crippen LogP contribution in [0.3, 0.4) is 0 Å². The highest BCUT2D eigenvalue weighted by molar-refractivity contribution is 7.88. The average Bonchev–Trinajstić information content (AvgIpc) is 2.62. The van der Waals surface area contributed by atoms with Crippen molar-refractivity contribution in [2.45, 2.75) is 32.1 Å². The molecule has 0 aliphatic carbocycles. The standard InChI is InChI=1S/C18H28N2O4S/c1-4-15(2)17(24-3)18(21)19-10-12-20(13-11-19)25(22,23)14-16-8-6-5-7-9-16/h5-9,15,17H,4,10-14H2,1-3H3. The van der Waals surface area contributed by atoms with E-state index < -0.39 is 16.1 Å². The third-order valence-corrected chi connectivity index (χ3v) is 6.64. The molecule has 0 radical (unpaired) electrons. The number of rotatable bonds is 7. The Morgan fingerprint density at radius 3 is 2.28 bits per heavy atom. The van der Waals surface area contributed by atoms with E-state index in [1.165, 1.54) is 4.31 Å². The number of sulfonamides is 1. The number of benzene rings is 1. The van der Waals surface area contributed by atoms with Crippen LogP contribution in [0.25, 0.3) is 0 Å². The number of methoxy groups -OCH3 is 1. The van der Waals surface area contributed by atoms with Crippen LogP contribution < -0.4 is 0 Å². The molecule has 2 rings (SSSR count). The number of ether oxygens (including phenoxy) is 1. The fourth-order valence-corrected chi connectivity index (χ4v) is 4.55. The summed E-state index contributed by atoms with van der Waals surface area (Å²) >= 11 is 0. The second-order valence-corrected chi connectivity index (χ2v) is 8.48. The van der Waals surface area contributed by atoms with Gasteiger partial charge in [0.1, 0.15) is 6.10 Å². The van der Waals surface area contributed by atoms with Gasteiger partial charge in [0.15, 0.2) is 0 Å². The van der Waals surface area contributed by atoms with Crippen molar-refractivity contribution in [3.63, 3.8) is 0 Å². The van der Waals surface area contributed by atoms with Crippen molar-refractivity contribution in [1.82, 2.24) is 9.21 Å². The maximum absolute atomic E-state index is 12.6. The molecule has 1 aliphatic rings. The predicted molar refractivity (Wildman–Crippen MR) is 97.5 cm³/mol. The van der Waals surface area contributed by atoms with Crippen molar-refractivity contribution in [1.29, 1.82) is 0 Å². The summed E-state index contributed by atoms with van der Waals surface area (Å²) in [5, 5.41) is 0. The number of carbonyl (C=O) groups excluding carboxylic acids is 1. The molecule has 25 heavy (non-hydrogen) atoms. The van der Waals surface area contributed by atoms with E-state index in [0.717, 1.165) is 12.0 Å². The van der Waals surface area contributed by atoms with Crippen LogP contribution in [0.4, 0.5) is 0 Å². The lowest BCUT2D eigenvalue weighted by atomic mass is 10.0. The van der Waals surface area contributed by atoms with Gasteiger partial charge in [-0.05, 0) is 11.5 Å². The molecule has 1 heterocycles. The van der Waals surface area contributed by atoms with Crippen molar-refractivity contribution in [3.8, 4) is 0 Å². The van der Waals surface area contributed by atoms with Gasteiger partial charge in [0.2, 0.25) is 10.0 Å². The lowest BCUT2D eigenvalue weighted by Crippen LogP contribution is -2.54. The van der Waals surface area contributed by atoms with Gasteiger partial charge in [-0.2, -0.15) is 4.31 Å². The SMILES string of the molecule is CCC(C)C(OC)C(=O)N1CCN(S(=O)(=O)Cc2ccccc2)CC1. The van der Waals surface area contributed by atoms with Gasteiger partial charge >= 0.3 is 0 Å². The van der Waals surface area contributed by atoms with Crippen molar-refractivity contribution in [2.75, 3.05) is 33.3 Å². The van der Waals surface area contributed by atoms with Gasteiger partial charge in [0.25, 0.3) is 5.91 Å². The van der Waals surface area contributed by atoms with Crippen molar-refractivity contribution in [2.24, 2.45) is 5.92 Å². The molecule has 2 unspecified atom stereocenters. The minimum atomic E-state index is -3.37. The van der Waals surface area contributed by atoms with E-state index in [0.29, 0.717) is 26.2 Å². The largest absolute Gasteiger partial charge is 0.371 e. The first kappa shape index (κ1) is 19.9. The second-order valence-electron chi connectivity index (χ2n) is 6.51. The zero-order chi connectivity index (χ0) is 18.4. The van der Waals surface area contributed by atoms with Crippen LogP contribution >= 0.6 is 0 Å². The van der Waals surface area contributed by atoms with Gasteiger partial charge in [0.05, 0.1) is 5.75 Å². The first-order valence-electron chi connectivity index (χ1n) is 8.72. The Morgan fingerprint density at radius 1 is 1.16 bits per heavy atom. The fraction of sp³-hybridized carbons (Fsp3) is 0.611. The highest BCUT2D eigenvalue weighted by Crippen LogP contribution is 2.17. The van der Waals surface area contributed by atoms with Crippen LogP contribution in [-0.2, 0) is 25.3 Å². The average molecular weight is 368 g/mol. The lowest BCUT2D eigenvalue weighted by Gasteiger charge is -2.36. The summed E-state index contributed by atoms with van der Waals surface area (Å²) in [5.74, 6) is 0.0873. The van der Waals surface area contributed by atoms with Crippen LogP contribution in [0.5, 0.6) is 0 Å². The summed E-state index contributed by atoms with van der Waals surface area (Å²) in [6.45, 7) is 5.49. The van der Waals surface area contributed by atoms with E-state index >= 15 is 0 Å². The zero-order valence-electron chi connectivity index (χ0n) is 15.2. The number of carbonyl (C=O) groups is 1. The molecule has 6 nitrogen and oxygen atoms in total. The molecule has 140 valence electrons. The molecule has 1 aromatic rings. The van der Waals surface area contributed by atoms with E-state index in [9.17, 15) is 13.2 Å².